The number of amides is 1. The number of nitrogens with one attached hydrogen (secondary N) is 2. The third kappa shape index (κ3) is 4.32. The molecule has 0 spiro atoms. The Morgan fingerprint density at radius 3 is 2.78 bits per heavy atom. The Hall–Kier alpha value is -1.94. The number of nitrogens with zero attached hydrogens (tertiary/aromatic N) is 1. The summed E-state index contributed by atoms with van der Waals surface area (Å²) < 4.78 is 27.9. The molecule has 1 aromatic heterocycles. The monoisotopic (exact) mass is 425 g/mol. The molecule has 4 rings (SSSR count). The van der Waals surface area contributed by atoms with Crippen LogP contribution in [0, 0.1) is 0 Å². The Kier molecular flexibility index (Phi) is 4.94. The highest BCUT2D eigenvalue weighted by molar-refractivity contribution is 7.89. The molecule has 1 aliphatic carbocycles. The summed E-state index contributed by atoms with van der Waals surface area (Å²) in [5, 5.41) is 6.65. The van der Waals surface area contributed by atoms with Gasteiger partial charge in [-0.1, -0.05) is 22.8 Å². The molecular formula is C17H16ClN3O4S2. The van der Waals surface area contributed by atoms with Gasteiger partial charge in [0.15, 0.2) is 0 Å². The molecule has 1 aromatic carbocycles. The zero-order valence-electron chi connectivity index (χ0n) is 14.0. The Labute approximate surface area is 165 Å². The zero-order valence-corrected chi connectivity index (χ0v) is 16.4. The number of oxime groups is 1. The van der Waals surface area contributed by atoms with Gasteiger partial charge in [0.1, 0.15) is 5.71 Å². The summed E-state index contributed by atoms with van der Waals surface area (Å²) >= 11 is 7.29. The Bertz CT molecular complexity index is 1010. The van der Waals surface area contributed by atoms with E-state index >= 15 is 0 Å². The van der Waals surface area contributed by atoms with Crippen molar-refractivity contribution in [2.45, 2.75) is 36.3 Å². The molecule has 7 nitrogen and oxygen atoms in total. The van der Waals surface area contributed by atoms with Crippen molar-refractivity contribution in [3.8, 4) is 0 Å². The molecule has 1 unspecified atom stereocenters. The third-order valence-corrected chi connectivity index (χ3v) is 6.93. The van der Waals surface area contributed by atoms with Gasteiger partial charge < -0.3 is 10.2 Å². The van der Waals surface area contributed by atoms with E-state index < -0.39 is 16.1 Å². The molecule has 1 atom stereocenters. The van der Waals surface area contributed by atoms with Crippen LogP contribution >= 0.6 is 22.9 Å². The first kappa shape index (κ1) is 18.4. The zero-order chi connectivity index (χ0) is 19.0. The van der Waals surface area contributed by atoms with E-state index in [9.17, 15) is 13.2 Å². The van der Waals surface area contributed by atoms with E-state index in [1.807, 2.05) is 6.07 Å². The SMILES string of the molecule is O=C(Nc1cccc(S(=O)(=O)NC2CC2)c1)C1CC(c2ccc(Cl)s2)=NO1. The molecule has 1 aliphatic heterocycles. The topological polar surface area (TPSA) is 96.9 Å². The maximum Gasteiger partial charge on any atom is 0.268 e. The lowest BCUT2D eigenvalue weighted by atomic mass is 10.1. The Morgan fingerprint density at radius 1 is 1.26 bits per heavy atom. The van der Waals surface area contributed by atoms with Gasteiger partial charge >= 0.3 is 0 Å². The smallest absolute Gasteiger partial charge is 0.268 e. The number of hydrogen-bond donors (Lipinski definition) is 2. The number of sulfonamides is 1. The van der Waals surface area contributed by atoms with Crippen LogP contribution < -0.4 is 10.0 Å². The van der Waals surface area contributed by atoms with Crippen LogP contribution in [-0.4, -0.2) is 32.2 Å². The molecular weight excluding hydrogens is 410 g/mol. The van der Waals surface area contributed by atoms with Gasteiger partial charge in [0.25, 0.3) is 5.91 Å². The van der Waals surface area contributed by atoms with Crippen LogP contribution in [0.25, 0.3) is 0 Å². The fourth-order valence-electron chi connectivity index (χ4n) is 2.59. The molecule has 0 bridgehead atoms. The highest BCUT2D eigenvalue weighted by Gasteiger charge is 2.30. The van der Waals surface area contributed by atoms with Crippen LogP contribution in [0.15, 0.2) is 46.4 Å². The second-order valence-electron chi connectivity index (χ2n) is 6.35. The Morgan fingerprint density at radius 2 is 2.07 bits per heavy atom. The number of anilines is 1. The van der Waals surface area contributed by atoms with E-state index in [1.165, 1.54) is 23.5 Å². The minimum Gasteiger partial charge on any atom is -0.382 e. The number of thiophene rings is 1. The largest absolute Gasteiger partial charge is 0.382 e. The van der Waals surface area contributed by atoms with Crippen LogP contribution in [0.2, 0.25) is 4.34 Å². The van der Waals surface area contributed by atoms with E-state index in [1.54, 1.807) is 18.2 Å². The molecule has 2 heterocycles. The molecule has 0 saturated heterocycles. The van der Waals surface area contributed by atoms with Crippen LogP contribution in [0.5, 0.6) is 0 Å². The first-order chi connectivity index (χ1) is 12.9. The summed E-state index contributed by atoms with van der Waals surface area (Å²) in [7, 11) is -3.58. The van der Waals surface area contributed by atoms with Crippen molar-refractivity contribution < 1.29 is 18.0 Å². The quantitative estimate of drug-likeness (QED) is 0.743. The van der Waals surface area contributed by atoms with Crippen LogP contribution in [-0.2, 0) is 19.7 Å². The number of rotatable bonds is 6. The Balaban J connectivity index is 1.41. The maximum absolute atomic E-state index is 12.4. The van der Waals surface area contributed by atoms with E-state index in [0.717, 1.165) is 17.7 Å². The number of benzene rings is 1. The van der Waals surface area contributed by atoms with Gasteiger partial charge in [-0.25, -0.2) is 13.1 Å². The predicted octanol–water partition coefficient (Wildman–Crippen LogP) is 2.97. The molecule has 10 heteroatoms. The van der Waals surface area contributed by atoms with Crippen molar-refractivity contribution in [3.05, 3.63) is 45.6 Å². The van der Waals surface area contributed by atoms with Gasteiger partial charge in [0, 0.05) is 18.2 Å². The predicted molar refractivity (Wildman–Crippen MR) is 104 cm³/mol. The van der Waals surface area contributed by atoms with Gasteiger partial charge in [-0.3, -0.25) is 4.79 Å². The lowest BCUT2D eigenvalue weighted by molar-refractivity contribution is -0.125. The van der Waals surface area contributed by atoms with Crippen LogP contribution in [0.4, 0.5) is 5.69 Å². The average Bonchev–Trinajstić information content (AvgIpc) is 3.11. The lowest BCUT2D eigenvalue weighted by Crippen LogP contribution is -2.28. The van der Waals surface area contributed by atoms with E-state index in [2.05, 4.69) is 15.2 Å². The number of carbonyl (C=O) groups excluding carboxylic acids is 1. The molecule has 27 heavy (non-hydrogen) atoms. The average molecular weight is 426 g/mol. The lowest BCUT2D eigenvalue weighted by Gasteiger charge is -2.11. The molecule has 2 aliphatic rings. The molecule has 1 fully saturated rings. The second kappa shape index (κ2) is 7.23. The van der Waals surface area contributed by atoms with Gasteiger partial charge in [-0.15, -0.1) is 11.3 Å². The van der Waals surface area contributed by atoms with Crippen molar-refractivity contribution in [2.24, 2.45) is 5.16 Å². The third-order valence-electron chi connectivity index (χ3n) is 4.13. The standard InChI is InChI=1S/C17H16ClN3O4S2/c18-16-7-6-15(26-16)13-9-14(25-20-13)17(22)19-11-2-1-3-12(8-11)27(23,24)21-10-4-5-10/h1-3,6-8,10,14,21H,4-5,9H2,(H,19,22). The summed E-state index contributed by atoms with van der Waals surface area (Å²) in [5.74, 6) is -0.388. The van der Waals surface area contributed by atoms with Gasteiger partial charge in [-0.05, 0) is 43.2 Å². The van der Waals surface area contributed by atoms with Gasteiger partial charge in [-0.2, -0.15) is 0 Å². The normalized spacial score (nSPS) is 19.4. The summed E-state index contributed by atoms with van der Waals surface area (Å²) in [6.45, 7) is 0. The van der Waals surface area contributed by atoms with Crippen molar-refractivity contribution >= 4 is 50.3 Å². The number of halogens is 1. The van der Waals surface area contributed by atoms with E-state index in [-0.39, 0.29) is 16.8 Å². The van der Waals surface area contributed by atoms with E-state index in [4.69, 9.17) is 16.4 Å². The minimum absolute atomic E-state index is 0.0152. The molecule has 1 amide bonds. The first-order valence-electron chi connectivity index (χ1n) is 8.32. The van der Waals surface area contributed by atoms with Crippen LogP contribution in [0.1, 0.15) is 24.1 Å². The van der Waals surface area contributed by atoms with Crippen LogP contribution in [0.3, 0.4) is 0 Å². The van der Waals surface area contributed by atoms with Crippen molar-refractivity contribution in [3.63, 3.8) is 0 Å². The first-order valence-corrected chi connectivity index (χ1v) is 11.0. The van der Waals surface area contributed by atoms with E-state index in [0.29, 0.717) is 22.2 Å². The summed E-state index contributed by atoms with van der Waals surface area (Å²) in [6.07, 6.45) is 1.26. The van der Waals surface area contributed by atoms with Gasteiger partial charge in [0.2, 0.25) is 16.1 Å². The fourth-order valence-corrected chi connectivity index (χ4v) is 4.97. The number of hydrogen-bond acceptors (Lipinski definition) is 6. The summed E-state index contributed by atoms with van der Waals surface area (Å²) in [4.78, 5) is 18.7. The molecule has 0 radical (unpaired) electrons. The van der Waals surface area contributed by atoms with Crippen molar-refractivity contribution in [1.29, 1.82) is 0 Å². The highest BCUT2D eigenvalue weighted by Crippen LogP contribution is 2.27. The van der Waals surface area contributed by atoms with Crippen molar-refractivity contribution in [2.75, 3.05) is 5.32 Å². The minimum atomic E-state index is -3.58. The second-order valence-corrected chi connectivity index (χ2v) is 9.78. The molecule has 2 N–H and O–H groups in total. The van der Waals surface area contributed by atoms with Crippen molar-refractivity contribution in [1.82, 2.24) is 4.72 Å². The highest BCUT2D eigenvalue weighted by atomic mass is 35.5. The molecule has 142 valence electrons. The molecule has 2 aromatic rings. The fraction of sp³-hybridized carbons (Fsp3) is 0.294. The molecule has 1 saturated carbocycles. The maximum atomic E-state index is 12.4. The van der Waals surface area contributed by atoms with Gasteiger partial charge in [0.05, 0.1) is 14.1 Å². The summed E-state index contributed by atoms with van der Waals surface area (Å²) in [5.41, 5.74) is 1.05. The summed E-state index contributed by atoms with van der Waals surface area (Å²) in [6, 6.07) is 9.75. The number of carbonyl (C=O) groups is 1.